The summed E-state index contributed by atoms with van der Waals surface area (Å²) in [4.78, 5) is 26.6. The zero-order valence-corrected chi connectivity index (χ0v) is 17.1. The van der Waals surface area contributed by atoms with E-state index in [0.717, 1.165) is 22.6 Å². The fourth-order valence-corrected chi connectivity index (χ4v) is 3.19. The highest BCUT2D eigenvalue weighted by Crippen LogP contribution is 2.13. The maximum absolute atomic E-state index is 12.5. The van der Waals surface area contributed by atoms with Crippen LogP contribution in [0.15, 0.2) is 60.7 Å². The van der Waals surface area contributed by atoms with E-state index < -0.39 is 0 Å². The lowest BCUT2D eigenvalue weighted by Gasteiger charge is -2.21. The first-order chi connectivity index (χ1) is 14.0. The fraction of sp³-hybridized carbons (Fsp3) is 0.261. The normalized spacial score (nSPS) is 10.6. The maximum Gasteiger partial charge on any atom is 0.251 e. The van der Waals surface area contributed by atoms with E-state index >= 15 is 0 Å². The molecule has 0 fully saturated rings. The molecule has 0 atom stereocenters. The van der Waals surface area contributed by atoms with Crippen LogP contribution in [0.3, 0.4) is 0 Å². The lowest BCUT2D eigenvalue weighted by molar-refractivity contribution is -0.130. The highest BCUT2D eigenvalue weighted by atomic mass is 16.2. The first-order valence-corrected chi connectivity index (χ1v) is 9.71. The molecule has 0 bridgehead atoms. The standard InChI is InChI=1S/C23H26N4O2/c1-4-26(16-19-8-6-5-7-9-19)22(28)15-24-23(29)20-10-12-21(13-11-20)27-18(3)14-17(2)25-27/h5-14H,4,15-16H2,1-3H3,(H,24,29). The summed E-state index contributed by atoms with van der Waals surface area (Å²) in [6.45, 7) is 6.95. The molecule has 0 unspecified atom stereocenters. The zero-order chi connectivity index (χ0) is 20.8. The monoisotopic (exact) mass is 390 g/mol. The predicted octanol–water partition coefficient (Wildman–Crippen LogP) is 3.27. The van der Waals surface area contributed by atoms with Gasteiger partial charge in [0, 0.05) is 24.3 Å². The van der Waals surface area contributed by atoms with Crippen LogP contribution in [0.25, 0.3) is 5.69 Å². The number of aryl methyl sites for hydroxylation is 2. The van der Waals surface area contributed by atoms with Gasteiger partial charge in [-0.1, -0.05) is 30.3 Å². The lowest BCUT2D eigenvalue weighted by atomic mass is 10.2. The zero-order valence-electron chi connectivity index (χ0n) is 17.1. The van der Waals surface area contributed by atoms with Crippen LogP contribution in [0, 0.1) is 13.8 Å². The molecular weight excluding hydrogens is 364 g/mol. The van der Waals surface area contributed by atoms with Crippen molar-refractivity contribution in [2.24, 2.45) is 0 Å². The topological polar surface area (TPSA) is 67.2 Å². The molecule has 6 heteroatoms. The minimum Gasteiger partial charge on any atom is -0.343 e. The Morgan fingerprint density at radius 2 is 1.72 bits per heavy atom. The fourth-order valence-electron chi connectivity index (χ4n) is 3.19. The number of nitrogens with one attached hydrogen (secondary N) is 1. The Kier molecular flexibility index (Phi) is 6.44. The van der Waals surface area contributed by atoms with E-state index in [4.69, 9.17) is 0 Å². The van der Waals surface area contributed by atoms with E-state index in [1.54, 1.807) is 17.0 Å². The Labute approximate surface area is 171 Å². The Morgan fingerprint density at radius 1 is 1.03 bits per heavy atom. The molecule has 0 aliphatic carbocycles. The summed E-state index contributed by atoms with van der Waals surface area (Å²) in [5, 5.41) is 7.17. The van der Waals surface area contributed by atoms with E-state index in [-0.39, 0.29) is 18.4 Å². The number of nitrogens with zero attached hydrogens (tertiary/aromatic N) is 3. The Balaban J connectivity index is 1.58. The lowest BCUT2D eigenvalue weighted by Crippen LogP contribution is -2.39. The van der Waals surface area contributed by atoms with E-state index in [1.807, 2.05) is 74.0 Å². The highest BCUT2D eigenvalue weighted by Gasteiger charge is 2.14. The van der Waals surface area contributed by atoms with Crippen molar-refractivity contribution in [1.29, 1.82) is 0 Å². The van der Waals surface area contributed by atoms with Gasteiger partial charge < -0.3 is 10.2 Å². The molecule has 6 nitrogen and oxygen atoms in total. The van der Waals surface area contributed by atoms with Gasteiger partial charge in [0.25, 0.3) is 5.91 Å². The number of benzene rings is 2. The second-order valence-corrected chi connectivity index (χ2v) is 6.96. The largest absolute Gasteiger partial charge is 0.343 e. The van der Waals surface area contributed by atoms with Gasteiger partial charge in [0.05, 0.1) is 17.9 Å². The predicted molar refractivity (Wildman–Crippen MR) is 113 cm³/mol. The van der Waals surface area contributed by atoms with Crippen LogP contribution in [-0.4, -0.2) is 39.6 Å². The molecule has 2 aromatic carbocycles. The number of rotatable bonds is 7. The van der Waals surface area contributed by atoms with E-state index in [0.29, 0.717) is 18.7 Å². The van der Waals surface area contributed by atoms with E-state index in [9.17, 15) is 9.59 Å². The summed E-state index contributed by atoms with van der Waals surface area (Å²) in [6, 6.07) is 19.0. The molecule has 3 rings (SSSR count). The Morgan fingerprint density at radius 3 is 2.31 bits per heavy atom. The number of carbonyl (C=O) groups excluding carboxylic acids is 2. The summed E-state index contributed by atoms with van der Waals surface area (Å²) in [5.41, 5.74) is 4.44. The average Bonchev–Trinajstić information content (AvgIpc) is 3.08. The maximum atomic E-state index is 12.5. The Bertz CT molecular complexity index is 978. The molecule has 1 heterocycles. The van der Waals surface area contributed by atoms with Gasteiger partial charge >= 0.3 is 0 Å². The van der Waals surface area contributed by atoms with Crippen molar-refractivity contribution in [2.45, 2.75) is 27.3 Å². The third kappa shape index (κ3) is 5.10. The van der Waals surface area contributed by atoms with Gasteiger partial charge in [-0.15, -0.1) is 0 Å². The SMILES string of the molecule is CCN(Cc1ccccc1)C(=O)CNC(=O)c1ccc(-n2nc(C)cc2C)cc1. The first-order valence-electron chi connectivity index (χ1n) is 9.71. The van der Waals surface area contributed by atoms with Gasteiger partial charge in [0.15, 0.2) is 0 Å². The summed E-state index contributed by atoms with van der Waals surface area (Å²) >= 11 is 0. The molecule has 150 valence electrons. The molecule has 0 saturated heterocycles. The molecular formula is C23H26N4O2. The molecule has 2 amide bonds. The molecule has 0 aliphatic heterocycles. The van der Waals surface area contributed by atoms with E-state index in [1.165, 1.54) is 0 Å². The second-order valence-electron chi connectivity index (χ2n) is 6.96. The number of carbonyl (C=O) groups is 2. The minimum absolute atomic E-state index is 0.0291. The smallest absolute Gasteiger partial charge is 0.251 e. The van der Waals surface area contributed by atoms with Gasteiger partial charge in [-0.05, 0) is 56.7 Å². The summed E-state index contributed by atoms with van der Waals surface area (Å²) < 4.78 is 1.84. The third-order valence-corrected chi connectivity index (χ3v) is 4.73. The molecule has 0 radical (unpaired) electrons. The third-order valence-electron chi connectivity index (χ3n) is 4.73. The number of aromatic nitrogens is 2. The Hall–Kier alpha value is -3.41. The number of amides is 2. The number of hydrogen-bond donors (Lipinski definition) is 1. The van der Waals surface area contributed by atoms with Crippen LogP contribution in [0.2, 0.25) is 0 Å². The van der Waals surface area contributed by atoms with E-state index in [2.05, 4.69) is 10.4 Å². The van der Waals surface area contributed by atoms with Crippen molar-refractivity contribution < 1.29 is 9.59 Å². The van der Waals surface area contributed by atoms with Crippen LogP contribution in [0.4, 0.5) is 0 Å². The van der Waals surface area contributed by atoms with Crippen molar-refractivity contribution in [3.05, 3.63) is 83.2 Å². The van der Waals surface area contributed by atoms with Crippen LogP contribution in [-0.2, 0) is 11.3 Å². The number of likely N-dealkylation sites (N-methyl/N-ethyl adjacent to an activating group) is 1. The van der Waals surface area contributed by atoms with Crippen LogP contribution < -0.4 is 5.32 Å². The van der Waals surface area contributed by atoms with Crippen LogP contribution in [0.1, 0.15) is 34.2 Å². The second kappa shape index (κ2) is 9.19. The molecule has 29 heavy (non-hydrogen) atoms. The van der Waals surface area contributed by atoms with Gasteiger partial charge in [0.2, 0.25) is 5.91 Å². The van der Waals surface area contributed by atoms with Gasteiger partial charge in [-0.3, -0.25) is 9.59 Å². The molecule has 1 aromatic heterocycles. The van der Waals surface area contributed by atoms with Gasteiger partial charge in [-0.25, -0.2) is 4.68 Å². The van der Waals surface area contributed by atoms with Crippen LogP contribution >= 0.6 is 0 Å². The van der Waals surface area contributed by atoms with Gasteiger partial charge in [-0.2, -0.15) is 5.10 Å². The molecule has 0 aliphatic rings. The summed E-state index contributed by atoms with van der Waals surface area (Å²) in [7, 11) is 0. The van der Waals surface area contributed by atoms with Crippen LogP contribution in [0.5, 0.6) is 0 Å². The first kappa shape index (κ1) is 20.3. The number of hydrogen-bond acceptors (Lipinski definition) is 3. The molecule has 3 aromatic rings. The van der Waals surface area contributed by atoms with Crippen molar-refractivity contribution in [3.8, 4) is 5.69 Å². The highest BCUT2D eigenvalue weighted by molar-refractivity contribution is 5.96. The molecule has 0 saturated carbocycles. The minimum atomic E-state index is -0.269. The molecule has 0 spiro atoms. The van der Waals surface area contributed by atoms with Crippen molar-refractivity contribution in [2.75, 3.05) is 13.1 Å². The van der Waals surface area contributed by atoms with Crippen molar-refractivity contribution >= 4 is 11.8 Å². The summed E-state index contributed by atoms with van der Waals surface area (Å²) in [6.07, 6.45) is 0. The molecule has 1 N–H and O–H groups in total. The van der Waals surface area contributed by atoms with Gasteiger partial charge in [0.1, 0.15) is 0 Å². The van der Waals surface area contributed by atoms with Crippen molar-refractivity contribution in [1.82, 2.24) is 20.0 Å². The van der Waals surface area contributed by atoms with Crippen molar-refractivity contribution in [3.63, 3.8) is 0 Å². The average molecular weight is 390 g/mol. The quantitative estimate of drug-likeness (QED) is 0.673. The summed E-state index contributed by atoms with van der Waals surface area (Å²) in [5.74, 6) is -0.377.